The molecule has 0 saturated heterocycles. The zero-order valence-corrected chi connectivity index (χ0v) is 26.1. The molecule has 13 nitrogen and oxygen atoms in total. The van der Waals surface area contributed by atoms with Crippen LogP contribution in [0.15, 0.2) is 85.2 Å². The summed E-state index contributed by atoms with van der Waals surface area (Å²) in [5, 5.41) is 39.3. The minimum Gasteiger partial charge on any atom is -0.508 e. The van der Waals surface area contributed by atoms with Gasteiger partial charge in [0, 0.05) is 53.5 Å². The molecule has 0 spiro atoms. The maximum absolute atomic E-state index is 13.9. The molecular weight excluding hydrogens is 616 g/mol. The molecule has 5 rings (SSSR count). The maximum Gasteiger partial charge on any atom is 0.326 e. The van der Waals surface area contributed by atoms with Gasteiger partial charge in [-0.1, -0.05) is 48.5 Å². The SMILES string of the molecule is CC(O)C(N)C(=O)NC(Cc1c[nH]c2ccccc12)C(=O)NC(Cc1ccc(O)cc1)C(=O)NC(Cc1c[nH]c2ccccc12)C(=O)O. The van der Waals surface area contributed by atoms with Crippen molar-refractivity contribution >= 4 is 45.5 Å². The normalized spacial score (nSPS) is 14.5. The lowest BCUT2D eigenvalue weighted by molar-refractivity contribution is -0.142. The van der Waals surface area contributed by atoms with Gasteiger partial charge in [0.2, 0.25) is 17.7 Å². The third-order valence-electron chi connectivity index (χ3n) is 8.28. The second-order valence-corrected chi connectivity index (χ2v) is 11.8. The van der Waals surface area contributed by atoms with Gasteiger partial charge in [-0.25, -0.2) is 4.79 Å². The van der Waals surface area contributed by atoms with Crippen LogP contribution < -0.4 is 21.7 Å². The Morgan fingerprint density at radius 1 is 0.688 bits per heavy atom. The topological polar surface area (TPSA) is 223 Å². The summed E-state index contributed by atoms with van der Waals surface area (Å²) in [7, 11) is 0. The number of carbonyl (C=O) groups excluding carboxylic acids is 3. The molecule has 0 bridgehead atoms. The van der Waals surface area contributed by atoms with Crippen molar-refractivity contribution in [2.75, 3.05) is 0 Å². The first-order valence-corrected chi connectivity index (χ1v) is 15.5. The van der Waals surface area contributed by atoms with Crippen molar-refractivity contribution in [1.82, 2.24) is 25.9 Å². The molecule has 2 heterocycles. The molecule has 5 atom stereocenters. The molecule has 3 amide bonds. The number of aromatic nitrogens is 2. The molecule has 0 aliphatic rings. The summed E-state index contributed by atoms with van der Waals surface area (Å²) in [5.74, 6) is -3.52. The van der Waals surface area contributed by atoms with E-state index in [1.165, 1.54) is 19.1 Å². The summed E-state index contributed by atoms with van der Waals surface area (Å²) in [6.07, 6.45) is 2.15. The molecule has 10 N–H and O–H groups in total. The number of rotatable bonds is 14. The quantitative estimate of drug-likeness (QED) is 0.0854. The number of para-hydroxylation sites is 2. The molecule has 48 heavy (non-hydrogen) atoms. The number of phenols is 1. The summed E-state index contributed by atoms with van der Waals surface area (Å²) < 4.78 is 0. The number of hydrogen-bond acceptors (Lipinski definition) is 7. The van der Waals surface area contributed by atoms with E-state index in [-0.39, 0.29) is 25.0 Å². The Balaban J connectivity index is 1.41. The number of carboxylic acids is 1. The summed E-state index contributed by atoms with van der Waals surface area (Å²) >= 11 is 0. The van der Waals surface area contributed by atoms with E-state index in [1.54, 1.807) is 24.5 Å². The Hall–Kier alpha value is -5.66. The average Bonchev–Trinajstić information content (AvgIpc) is 3.68. The van der Waals surface area contributed by atoms with Gasteiger partial charge in [-0.15, -0.1) is 0 Å². The standard InChI is InChI=1S/C35H38N6O7/c1-19(42)31(36)34(46)40-29(15-21-17-37-26-8-4-2-6-24(21)26)33(45)39-28(14-20-10-12-23(43)13-11-20)32(44)41-30(35(47)48)16-22-18-38-27-9-5-3-7-25(22)27/h2-13,17-19,28-31,37-38,42-43H,14-16,36H2,1H3,(H,39,45)(H,40,46)(H,41,44)(H,47,48). The number of aliphatic hydroxyl groups is 1. The van der Waals surface area contributed by atoms with E-state index in [0.717, 1.165) is 21.8 Å². The predicted molar refractivity (Wildman–Crippen MR) is 179 cm³/mol. The number of hydrogen-bond donors (Lipinski definition) is 9. The second-order valence-electron chi connectivity index (χ2n) is 11.8. The number of carbonyl (C=O) groups is 4. The Morgan fingerprint density at radius 2 is 1.15 bits per heavy atom. The van der Waals surface area contributed by atoms with E-state index < -0.39 is 54.0 Å². The van der Waals surface area contributed by atoms with E-state index in [4.69, 9.17) is 5.73 Å². The number of fused-ring (bicyclic) bond motifs is 2. The van der Waals surface area contributed by atoms with Crippen molar-refractivity contribution < 1.29 is 34.5 Å². The molecule has 0 radical (unpaired) electrons. The van der Waals surface area contributed by atoms with Gasteiger partial charge in [-0.3, -0.25) is 14.4 Å². The Morgan fingerprint density at radius 3 is 1.67 bits per heavy atom. The number of benzene rings is 3. The van der Waals surface area contributed by atoms with Crippen molar-refractivity contribution in [3.63, 3.8) is 0 Å². The van der Waals surface area contributed by atoms with Crippen LogP contribution in [0.1, 0.15) is 23.6 Å². The third kappa shape index (κ3) is 8.00. The van der Waals surface area contributed by atoms with E-state index >= 15 is 0 Å². The van der Waals surface area contributed by atoms with Gasteiger partial charge in [0.15, 0.2) is 0 Å². The van der Waals surface area contributed by atoms with Crippen LogP contribution in [0.3, 0.4) is 0 Å². The summed E-state index contributed by atoms with van der Waals surface area (Å²) in [6.45, 7) is 1.35. The van der Waals surface area contributed by atoms with Crippen LogP contribution in [0.4, 0.5) is 0 Å². The predicted octanol–water partition coefficient (Wildman–Crippen LogP) is 1.63. The van der Waals surface area contributed by atoms with Gasteiger partial charge in [-0.05, 0) is 47.9 Å². The summed E-state index contributed by atoms with van der Waals surface area (Å²) in [5.41, 5.74) is 9.48. The molecule has 13 heteroatoms. The number of nitrogens with two attached hydrogens (primary N) is 1. The van der Waals surface area contributed by atoms with Crippen LogP contribution in [0.25, 0.3) is 21.8 Å². The lowest BCUT2D eigenvalue weighted by atomic mass is 10.0. The Kier molecular flexibility index (Phi) is 10.4. The van der Waals surface area contributed by atoms with Crippen molar-refractivity contribution in [1.29, 1.82) is 0 Å². The molecule has 0 saturated carbocycles. The number of amides is 3. The van der Waals surface area contributed by atoms with E-state index in [9.17, 15) is 34.5 Å². The lowest BCUT2D eigenvalue weighted by Crippen LogP contribution is -2.59. The first-order chi connectivity index (χ1) is 23.0. The summed E-state index contributed by atoms with van der Waals surface area (Å²) in [4.78, 5) is 59.3. The zero-order valence-electron chi connectivity index (χ0n) is 26.1. The van der Waals surface area contributed by atoms with Crippen molar-refractivity contribution in [3.05, 3.63) is 102 Å². The molecule has 5 unspecified atom stereocenters. The molecule has 0 aliphatic heterocycles. The highest BCUT2D eigenvalue weighted by Crippen LogP contribution is 2.21. The first kappa shape index (κ1) is 33.7. The van der Waals surface area contributed by atoms with Crippen LogP contribution in [0, 0.1) is 0 Å². The van der Waals surface area contributed by atoms with Gasteiger partial charge in [0.1, 0.15) is 29.9 Å². The highest BCUT2D eigenvalue weighted by Gasteiger charge is 2.32. The number of carboxylic acid groups (broad SMARTS) is 1. The average molecular weight is 655 g/mol. The van der Waals surface area contributed by atoms with Gasteiger partial charge in [0.25, 0.3) is 0 Å². The van der Waals surface area contributed by atoms with Crippen LogP contribution in [-0.4, -0.2) is 79.2 Å². The fourth-order valence-electron chi connectivity index (χ4n) is 5.56. The number of aliphatic carboxylic acids is 1. The summed E-state index contributed by atoms with van der Waals surface area (Å²) in [6, 6.07) is 15.7. The van der Waals surface area contributed by atoms with Gasteiger partial charge in [0.05, 0.1) is 6.10 Å². The first-order valence-electron chi connectivity index (χ1n) is 15.5. The van der Waals surface area contributed by atoms with Gasteiger partial charge >= 0.3 is 5.97 Å². The molecule has 250 valence electrons. The van der Waals surface area contributed by atoms with Crippen LogP contribution in [-0.2, 0) is 38.4 Å². The smallest absolute Gasteiger partial charge is 0.326 e. The lowest BCUT2D eigenvalue weighted by Gasteiger charge is -2.26. The highest BCUT2D eigenvalue weighted by molar-refractivity contribution is 5.95. The van der Waals surface area contributed by atoms with Crippen molar-refractivity contribution in [3.8, 4) is 5.75 Å². The van der Waals surface area contributed by atoms with Crippen molar-refractivity contribution in [2.24, 2.45) is 5.73 Å². The molecule has 0 fully saturated rings. The number of aromatic amines is 2. The number of nitrogens with one attached hydrogen (secondary N) is 5. The fraction of sp³-hybridized carbons (Fsp3) is 0.257. The number of aromatic hydroxyl groups is 1. The van der Waals surface area contributed by atoms with Crippen molar-refractivity contribution in [2.45, 2.75) is 56.5 Å². The number of phenolic OH excluding ortho intramolecular Hbond substituents is 1. The second kappa shape index (κ2) is 14.8. The molecule has 2 aromatic heterocycles. The van der Waals surface area contributed by atoms with E-state index in [2.05, 4.69) is 25.9 Å². The molecule has 3 aromatic carbocycles. The minimum absolute atomic E-state index is 0.00409. The largest absolute Gasteiger partial charge is 0.508 e. The molecule has 0 aliphatic carbocycles. The molecule has 5 aromatic rings. The van der Waals surface area contributed by atoms with Crippen LogP contribution >= 0.6 is 0 Å². The Bertz CT molecular complexity index is 1920. The van der Waals surface area contributed by atoms with E-state index in [1.807, 2.05) is 48.5 Å². The fourth-order valence-corrected chi connectivity index (χ4v) is 5.56. The van der Waals surface area contributed by atoms with E-state index in [0.29, 0.717) is 16.7 Å². The molecular formula is C35H38N6O7. The zero-order chi connectivity index (χ0) is 34.4. The monoisotopic (exact) mass is 654 g/mol. The number of aliphatic hydroxyl groups excluding tert-OH is 1. The van der Waals surface area contributed by atoms with Crippen LogP contribution in [0.5, 0.6) is 5.75 Å². The highest BCUT2D eigenvalue weighted by atomic mass is 16.4. The third-order valence-corrected chi connectivity index (χ3v) is 8.28. The minimum atomic E-state index is -1.33. The maximum atomic E-state index is 13.9. The van der Waals surface area contributed by atoms with Gasteiger partial charge < -0.3 is 47.0 Å². The number of H-pyrrole nitrogens is 2. The van der Waals surface area contributed by atoms with Gasteiger partial charge in [-0.2, -0.15) is 0 Å². The van der Waals surface area contributed by atoms with Crippen LogP contribution in [0.2, 0.25) is 0 Å². The Labute approximate surface area is 275 Å².